The zero-order chi connectivity index (χ0) is 15.8. The third kappa shape index (κ3) is 5.63. The molecule has 22 heavy (non-hydrogen) atoms. The molecule has 1 aromatic carbocycles. The first-order valence-corrected chi connectivity index (χ1v) is 7.61. The number of hydrogen-bond acceptors (Lipinski definition) is 5. The molecule has 1 atom stereocenters. The fourth-order valence-electron chi connectivity index (χ4n) is 2.13. The molecule has 0 radical (unpaired) electrons. The van der Waals surface area contributed by atoms with Gasteiger partial charge in [-0.15, -0.1) is 0 Å². The number of benzene rings is 1. The average Bonchev–Trinajstić information content (AvgIpc) is 2.53. The third-order valence-corrected chi connectivity index (χ3v) is 3.39. The summed E-state index contributed by atoms with van der Waals surface area (Å²) in [6, 6.07) is 7.79. The first-order valence-electron chi connectivity index (χ1n) is 7.61. The molecule has 1 fully saturated rings. The van der Waals surface area contributed by atoms with Gasteiger partial charge in [0.05, 0.1) is 6.61 Å². The van der Waals surface area contributed by atoms with Crippen molar-refractivity contribution in [2.75, 3.05) is 46.9 Å². The van der Waals surface area contributed by atoms with Gasteiger partial charge >= 0.3 is 0 Å². The largest absolute Gasteiger partial charge is 0.492 e. The Balaban J connectivity index is 1.78. The van der Waals surface area contributed by atoms with Gasteiger partial charge in [-0.25, -0.2) is 0 Å². The Morgan fingerprint density at radius 2 is 2.36 bits per heavy atom. The highest BCUT2D eigenvalue weighted by Gasteiger charge is 2.21. The Kier molecular flexibility index (Phi) is 6.64. The van der Waals surface area contributed by atoms with Crippen LogP contribution in [0.5, 0.6) is 5.75 Å². The normalized spacial score (nSPS) is 18.2. The molecule has 0 aromatic heterocycles. The predicted molar refractivity (Wildman–Crippen MR) is 84.9 cm³/mol. The zero-order valence-electron chi connectivity index (χ0n) is 13.3. The predicted octanol–water partition coefficient (Wildman–Crippen LogP) is 0.232. The maximum absolute atomic E-state index is 12.0. The number of carbonyl (C=O) groups is 1. The number of likely N-dealkylation sites (N-methyl/N-ethyl adjacent to an activating group) is 1. The van der Waals surface area contributed by atoms with E-state index in [1.54, 1.807) is 0 Å². The topological polar surface area (TPSA) is 62.8 Å². The van der Waals surface area contributed by atoms with Crippen molar-refractivity contribution >= 4 is 5.91 Å². The Morgan fingerprint density at radius 1 is 1.50 bits per heavy atom. The van der Waals surface area contributed by atoms with Crippen molar-refractivity contribution in [3.8, 4) is 5.75 Å². The highest BCUT2D eigenvalue weighted by molar-refractivity contribution is 5.81. The van der Waals surface area contributed by atoms with Crippen LogP contribution in [-0.2, 0) is 16.1 Å². The lowest BCUT2D eigenvalue weighted by molar-refractivity contribution is -0.134. The summed E-state index contributed by atoms with van der Waals surface area (Å²) in [6.07, 6.45) is -0.395. The van der Waals surface area contributed by atoms with Crippen LogP contribution in [-0.4, -0.2) is 63.9 Å². The van der Waals surface area contributed by atoms with E-state index in [0.717, 1.165) is 24.4 Å². The maximum Gasteiger partial charge on any atom is 0.250 e. The second kappa shape index (κ2) is 8.73. The summed E-state index contributed by atoms with van der Waals surface area (Å²) in [7, 11) is 4.02. The number of hydrogen-bond donors (Lipinski definition) is 2. The number of nitrogens with one attached hydrogen (secondary N) is 2. The molecule has 1 amide bonds. The van der Waals surface area contributed by atoms with Crippen molar-refractivity contribution in [2.24, 2.45) is 0 Å². The second-order valence-corrected chi connectivity index (χ2v) is 5.58. The molecule has 122 valence electrons. The van der Waals surface area contributed by atoms with E-state index in [0.29, 0.717) is 26.3 Å². The van der Waals surface area contributed by atoms with Gasteiger partial charge < -0.3 is 25.0 Å². The minimum atomic E-state index is -0.395. The summed E-state index contributed by atoms with van der Waals surface area (Å²) in [5.41, 5.74) is 1.01. The molecular weight excluding hydrogens is 282 g/mol. The van der Waals surface area contributed by atoms with Gasteiger partial charge in [-0.3, -0.25) is 4.79 Å². The molecule has 2 rings (SSSR count). The molecule has 1 saturated heterocycles. The van der Waals surface area contributed by atoms with E-state index in [-0.39, 0.29) is 5.91 Å². The van der Waals surface area contributed by atoms with Crippen LogP contribution in [0.25, 0.3) is 0 Å². The fraction of sp³-hybridized carbons (Fsp3) is 0.562. The van der Waals surface area contributed by atoms with Crippen LogP contribution >= 0.6 is 0 Å². The van der Waals surface area contributed by atoms with Crippen molar-refractivity contribution < 1.29 is 14.3 Å². The van der Waals surface area contributed by atoms with Gasteiger partial charge in [-0.2, -0.15) is 0 Å². The maximum atomic E-state index is 12.0. The van der Waals surface area contributed by atoms with Crippen LogP contribution in [0.1, 0.15) is 5.56 Å². The van der Waals surface area contributed by atoms with Gasteiger partial charge in [-0.1, -0.05) is 12.1 Å². The van der Waals surface area contributed by atoms with E-state index in [4.69, 9.17) is 9.47 Å². The van der Waals surface area contributed by atoms with E-state index in [9.17, 15) is 4.79 Å². The minimum Gasteiger partial charge on any atom is -0.492 e. The summed E-state index contributed by atoms with van der Waals surface area (Å²) < 4.78 is 11.1. The van der Waals surface area contributed by atoms with Crippen molar-refractivity contribution in [1.29, 1.82) is 0 Å². The number of morpholine rings is 1. The molecule has 1 unspecified atom stereocenters. The van der Waals surface area contributed by atoms with Crippen molar-refractivity contribution in [1.82, 2.24) is 15.5 Å². The van der Waals surface area contributed by atoms with Crippen LogP contribution in [0, 0.1) is 0 Å². The molecule has 0 aliphatic carbocycles. The number of amides is 1. The molecule has 0 bridgehead atoms. The molecular formula is C16H25N3O3. The monoisotopic (exact) mass is 307 g/mol. The van der Waals surface area contributed by atoms with Gasteiger partial charge in [0, 0.05) is 26.2 Å². The average molecular weight is 307 g/mol. The summed E-state index contributed by atoms with van der Waals surface area (Å²) in [4.78, 5) is 14.1. The zero-order valence-corrected chi connectivity index (χ0v) is 13.3. The van der Waals surface area contributed by atoms with Crippen LogP contribution in [0.15, 0.2) is 24.3 Å². The van der Waals surface area contributed by atoms with Crippen LogP contribution < -0.4 is 15.4 Å². The molecule has 1 aliphatic rings. The summed E-state index contributed by atoms with van der Waals surface area (Å²) in [5, 5.41) is 6.05. The van der Waals surface area contributed by atoms with Crippen molar-refractivity contribution in [3.05, 3.63) is 29.8 Å². The second-order valence-electron chi connectivity index (χ2n) is 5.58. The van der Waals surface area contributed by atoms with E-state index in [1.807, 2.05) is 38.4 Å². The van der Waals surface area contributed by atoms with E-state index in [1.165, 1.54) is 0 Å². The van der Waals surface area contributed by atoms with Gasteiger partial charge in [0.1, 0.15) is 18.5 Å². The fourth-order valence-corrected chi connectivity index (χ4v) is 2.13. The third-order valence-electron chi connectivity index (χ3n) is 3.39. The van der Waals surface area contributed by atoms with Crippen molar-refractivity contribution in [2.45, 2.75) is 12.6 Å². The lowest BCUT2D eigenvalue weighted by Crippen LogP contribution is -2.47. The van der Waals surface area contributed by atoms with E-state index in [2.05, 4.69) is 15.5 Å². The SMILES string of the molecule is CN(C)CCOc1cccc(CNC(=O)C2CNCCO2)c1. The van der Waals surface area contributed by atoms with Crippen LogP contribution in [0.2, 0.25) is 0 Å². The number of carbonyl (C=O) groups excluding carboxylic acids is 1. The quantitative estimate of drug-likeness (QED) is 0.755. The Morgan fingerprint density at radius 3 is 3.09 bits per heavy atom. The van der Waals surface area contributed by atoms with E-state index < -0.39 is 6.10 Å². The van der Waals surface area contributed by atoms with Crippen LogP contribution in [0.3, 0.4) is 0 Å². The number of rotatable bonds is 7. The number of ether oxygens (including phenoxy) is 2. The summed E-state index contributed by atoms with van der Waals surface area (Å²) in [5.74, 6) is 0.746. The Hall–Kier alpha value is -1.63. The molecule has 0 spiro atoms. The highest BCUT2D eigenvalue weighted by Crippen LogP contribution is 2.13. The molecule has 2 N–H and O–H groups in total. The number of nitrogens with zero attached hydrogens (tertiary/aromatic N) is 1. The van der Waals surface area contributed by atoms with Gasteiger partial charge in [0.25, 0.3) is 5.91 Å². The molecule has 6 heteroatoms. The summed E-state index contributed by atoms with van der Waals surface area (Å²) >= 11 is 0. The minimum absolute atomic E-state index is 0.0777. The molecule has 1 aliphatic heterocycles. The van der Waals surface area contributed by atoms with Crippen molar-refractivity contribution in [3.63, 3.8) is 0 Å². The summed E-state index contributed by atoms with van der Waals surface area (Å²) in [6.45, 7) is 3.93. The van der Waals surface area contributed by atoms with E-state index >= 15 is 0 Å². The Bertz CT molecular complexity index is 473. The smallest absolute Gasteiger partial charge is 0.250 e. The molecule has 6 nitrogen and oxygen atoms in total. The lowest BCUT2D eigenvalue weighted by atomic mass is 10.2. The molecule has 0 saturated carbocycles. The highest BCUT2D eigenvalue weighted by atomic mass is 16.5. The van der Waals surface area contributed by atoms with Gasteiger partial charge in [0.2, 0.25) is 0 Å². The standard InChI is InChI=1S/C16H25N3O3/c1-19(2)7-9-21-14-5-3-4-13(10-14)11-18-16(20)15-12-17-6-8-22-15/h3-5,10,15,17H,6-9,11-12H2,1-2H3,(H,18,20). The Labute approximate surface area is 131 Å². The molecule has 1 aromatic rings. The molecule has 1 heterocycles. The first kappa shape index (κ1) is 16.7. The lowest BCUT2D eigenvalue weighted by Gasteiger charge is -2.22. The van der Waals surface area contributed by atoms with Gasteiger partial charge in [-0.05, 0) is 31.8 Å². The van der Waals surface area contributed by atoms with Gasteiger partial charge in [0.15, 0.2) is 0 Å². The first-order chi connectivity index (χ1) is 10.6. The van der Waals surface area contributed by atoms with Crippen LogP contribution in [0.4, 0.5) is 0 Å².